The fourth-order valence-electron chi connectivity index (χ4n) is 3.16. The highest BCUT2D eigenvalue weighted by Gasteiger charge is 2.41. The lowest BCUT2D eigenvalue weighted by Gasteiger charge is -2.39. The van der Waals surface area contributed by atoms with Crippen molar-refractivity contribution in [3.63, 3.8) is 0 Å². The fourth-order valence-corrected chi connectivity index (χ4v) is 3.16. The van der Waals surface area contributed by atoms with Gasteiger partial charge in [-0.3, -0.25) is 0 Å². The van der Waals surface area contributed by atoms with Gasteiger partial charge in [0.1, 0.15) is 5.60 Å². The van der Waals surface area contributed by atoms with Crippen molar-refractivity contribution in [2.45, 2.75) is 25.4 Å². The number of aryl methyl sites for hydroxylation is 1. The molecule has 120 valence electrons. The Morgan fingerprint density at radius 1 is 1.09 bits per heavy atom. The molecule has 0 aliphatic carbocycles. The molecule has 2 aromatic rings. The van der Waals surface area contributed by atoms with E-state index in [4.69, 9.17) is 4.74 Å². The number of fused-ring (bicyclic) bond motifs is 1. The maximum atomic E-state index is 12.6. The minimum absolute atomic E-state index is 0.216. The van der Waals surface area contributed by atoms with E-state index in [0.717, 1.165) is 30.5 Å². The van der Waals surface area contributed by atoms with Crippen LogP contribution in [0.25, 0.3) is 0 Å². The van der Waals surface area contributed by atoms with Crippen LogP contribution in [-0.2, 0) is 16.8 Å². The van der Waals surface area contributed by atoms with Crippen molar-refractivity contribution >= 4 is 5.97 Å². The number of carbonyl (C=O) groups excluding carboxylic acids is 1. The monoisotopic (exact) mass is 309 g/mol. The number of ether oxygens (including phenoxy) is 1. The van der Waals surface area contributed by atoms with Gasteiger partial charge in [0.15, 0.2) is 0 Å². The zero-order valence-corrected chi connectivity index (χ0v) is 14.0. The third-order valence-electron chi connectivity index (χ3n) is 4.54. The summed E-state index contributed by atoms with van der Waals surface area (Å²) in [5, 5.41) is 0. The first kappa shape index (κ1) is 15.8. The number of hydrogen-bond acceptors (Lipinski definition) is 3. The number of rotatable bonds is 4. The first-order valence-corrected chi connectivity index (χ1v) is 8.03. The van der Waals surface area contributed by atoms with Gasteiger partial charge >= 0.3 is 5.97 Å². The summed E-state index contributed by atoms with van der Waals surface area (Å²) in [6.07, 6.45) is 1.51. The van der Waals surface area contributed by atoms with Gasteiger partial charge in [0.25, 0.3) is 0 Å². The average Bonchev–Trinajstić information content (AvgIpc) is 2.53. The van der Waals surface area contributed by atoms with Gasteiger partial charge in [0.2, 0.25) is 0 Å². The zero-order valence-electron chi connectivity index (χ0n) is 14.0. The van der Waals surface area contributed by atoms with E-state index in [2.05, 4.69) is 36.1 Å². The lowest BCUT2D eigenvalue weighted by Crippen LogP contribution is -2.41. The molecule has 3 nitrogen and oxygen atoms in total. The fraction of sp³-hybridized carbons (Fsp3) is 0.350. The van der Waals surface area contributed by atoms with Crippen LogP contribution in [0.4, 0.5) is 0 Å². The molecular weight excluding hydrogens is 286 g/mol. The molecule has 2 aromatic carbocycles. The summed E-state index contributed by atoms with van der Waals surface area (Å²) in [5.74, 6) is -0.216. The highest BCUT2D eigenvalue weighted by Crippen LogP contribution is 2.39. The van der Waals surface area contributed by atoms with Gasteiger partial charge in [-0.15, -0.1) is 0 Å². The topological polar surface area (TPSA) is 29.5 Å². The van der Waals surface area contributed by atoms with Gasteiger partial charge in [-0.05, 0) is 38.2 Å². The van der Waals surface area contributed by atoms with Crippen molar-refractivity contribution in [3.05, 3.63) is 70.8 Å². The smallest absolute Gasteiger partial charge is 0.339 e. The Balaban J connectivity index is 2.03. The summed E-state index contributed by atoms with van der Waals surface area (Å²) >= 11 is 0. The maximum Gasteiger partial charge on any atom is 0.339 e. The molecular formula is C20H23NO2. The van der Waals surface area contributed by atoms with E-state index < -0.39 is 5.60 Å². The normalized spacial score (nSPS) is 20.3. The molecule has 0 radical (unpaired) electrons. The number of nitrogens with zero attached hydrogens (tertiary/aromatic N) is 1. The average molecular weight is 309 g/mol. The molecule has 0 spiro atoms. The molecule has 3 rings (SSSR count). The zero-order chi connectivity index (χ0) is 16.4. The standard InChI is InChI=1S/C20H23NO2/c1-15-8-10-17(11-9-15)20(12-13-21(2)3)14-16-6-4-5-7-18(16)19(22)23-20/h4-11H,12-14H2,1-3H3. The molecule has 0 N–H and O–H groups in total. The van der Waals surface area contributed by atoms with Gasteiger partial charge < -0.3 is 9.64 Å². The second-order valence-corrected chi connectivity index (χ2v) is 6.64. The molecule has 1 aliphatic heterocycles. The van der Waals surface area contributed by atoms with E-state index in [9.17, 15) is 4.79 Å². The van der Waals surface area contributed by atoms with Crippen molar-refractivity contribution in [1.82, 2.24) is 4.90 Å². The predicted molar refractivity (Wildman–Crippen MR) is 91.6 cm³/mol. The van der Waals surface area contributed by atoms with Crippen molar-refractivity contribution < 1.29 is 9.53 Å². The summed E-state index contributed by atoms with van der Waals surface area (Å²) in [6.45, 7) is 2.93. The lowest BCUT2D eigenvalue weighted by molar-refractivity contribution is -0.0355. The summed E-state index contributed by atoms with van der Waals surface area (Å²) < 4.78 is 6.01. The van der Waals surface area contributed by atoms with Crippen molar-refractivity contribution in [1.29, 1.82) is 0 Å². The largest absolute Gasteiger partial charge is 0.450 e. The second kappa shape index (κ2) is 6.17. The number of cyclic esters (lactones) is 1. The Kier molecular flexibility index (Phi) is 4.22. The predicted octanol–water partition coefficient (Wildman–Crippen LogP) is 3.56. The Morgan fingerprint density at radius 3 is 2.48 bits per heavy atom. The summed E-state index contributed by atoms with van der Waals surface area (Å²) in [5.41, 5.74) is 3.47. The van der Waals surface area contributed by atoms with Gasteiger partial charge in [-0.2, -0.15) is 0 Å². The second-order valence-electron chi connectivity index (χ2n) is 6.64. The van der Waals surface area contributed by atoms with Crippen LogP contribution in [0.1, 0.15) is 33.5 Å². The molecule has 3 heteroatoms. The lowest BCUT2D eigenvalue weighted by atomic mass is 9.80. The minimum Gasteiger partial charge on any atom is -0.450 e. The van der Waals surface area contributed by atoms with E-state index in [0.29, 0.717) is 5.56 Å². The highest BCUT2D eigenvalue weighted by molar-refractivity contribution is 5.92. The van der Waals surface area contributed by atoms with Crippen LogP contribution in [0.15, 0.2) is 48.5 Å². The van der Waals surface area contributed by atoms with Crippen molar-refractivity contribution in [2.75, 3.05) is 20.6 Å². The third kappa shape index (κ3) is 3.15. The van der Waals surface area contributed by atoms with E-state index >= 15 is 0 Å². The third-order valence-corrected chi connectivity index (χ3v) is 4.54. The van der Waals surface area contributed by atoms with Crippen LogP contribution in [0.5, 0.6) is 0 Å². The van der Waals surface area contributed by atoms with Crippen LogP contribution in [-0.4, -0.2) is 31.5 Å². The summed E-state index contributed by atoms with van der Waals surface area (Å²) in [6, 6.07) is 16.1. The quantitative estimate of drug-likeness (QED) is 0.809. The number of esters is 1. The highest BCUT2D eigenvalue weighted by atomic mass is 16.6. The molecule has 1 aliphatic rings. The Labute approximate surface area is 137 Å². The molecule has 23 heavy (non-hydrogen) atoms. The first-order valence-electron chi connectivity index (χ1n) is 8.03. The number of carbonyl (C=O) groups is 1. The molecule has 0 aromatic heterocycles. The van der Waals surface area contributed by atoms with E-state index in [1.165, 1.54) is 5.56 Å². The molecule has 1 heterocycles. The van der Waals surface area contributed by atoms with Gasteiger partial charge in [-0.1, -0.05) is 48.0 Å². The number of hydrogen-bond donors (Lipinski definition) is 0. The van der Waals surface area contributed by atoms with E-state index in [1.54, 1.807) is 0 Å². The number of benzene rings is 2. The van der Waals surface area contributed by atoms with Gasteiger partial charge in [0.05, 0.1) is 5.56 Å². The van der Waals surface area contributed by atoms with E-state index in [1.807, 2.05) is 38.4 Å². The molecule has 0 amide bonds. The van der Waals surface area contributed by atoms with Crippen LogP contribution in [0.3, 0.4) is 0 Å². The summed E-state index contributed by atoms with van der Waals surface area (Å²) in [7, 11) is 4.09. The molecule has 0 saturated carbocycles. The Hall–Kier alpha value is -2.13. The van der Waals surface area contributed by atoms with Crippen LogP contribution >= 0.6 is 0 Å². The van der Waals surface area contributed by atoms with Crippen molar-refractivity contribution in [2.24, 2.45) is 0 Å². The van der Waals surface area contributed by atoms with Gasteiger partial charge in [0, 0.05) is 19.4 Å². The minimum atomic E-state index is -0.580. The maximum absolute atomic E-state index is 12.6. The molecule has 1 unspecified atom stereocenters. The Bertz CT molecular complexity index is 706. The first-order chi connectivity index (χ1) is 11.0. The Morgan fingerprint density at radius 2 is 1.78 bits per heavy atom. The molecule has 0 bridgehead atoms. The summed E-state index contributed by atoms with van der Waals surface area (Å²) in [4.78, 5) is 14.7. The van der Waals surface area contributed by atoms with Gasteiger partial charge in [-0.25, -0.2) is 4.79 Å². The molecule has 0 fully saturated rings. The van der Waals surface area contributed by atoms with Crippen LogP contribution in [0.2, 0.25) is 0 Å². The van der Waals surface area contributed by atoms with E-state index in [-0.39, 0.29) is 5.97 Å². The SMILES string of the molecule is Cc1ccc(C2(CCN(C)C)Cc3ccccc3C(=O)O2)cc1. The van der Waals surface area contributed by atoms with Crippen LogP contribution < -0.4 is 0 Å². The van der Waals surface area contributed by atoms with Crippen molar-refractivity contribution in [3.8, 4) is 0 Å². The molecule has 0 saturated heterocycles. The molecule has 1 atom stereocenters. The van der Waals surface area contributed by atoms with Crippen LogP contribution in [0, 0.1) is 6.92 Å².